The molecule has 2 unspecified atom stereocenters. The second-order valence-corrected chi connectivity index (χ2v) is 6.51. The maximum absolute atomic E-state index is 4.39. The molecule has 1 N–H and O–H groups in total. The van der Waals surface area contributed by atoms with Crippen molar-refractivity contribution in [1.82, 2.24) is 14.9 Å². The highest BCUT2D eigenvalue weighted by Gasteiger charge is 2.30. The lowest BCUT2D eigenvalue weighted by Gasteiger charge is -2.20. The van der Waals surface area contributed by atoms with E-state index < -0.39 is 0 Å². The summed E-state index contributed by atoms with van der Waals surface area (Å²) < 4.78 is 0. The fourth-order valence-electron chi connectivity index (χ4n) is 4.24. The second-order valence-electron chi connectivity index (χ2n) is 6.51. The predicted molar refractivity (Wildman–Crippen MR) is 81.4 cm³/mol. The van der Waals surface area contributed by atoms with Crippen molar-refractivity contribution in [1.29, 1.82) is 0 Å². The third-order valence-corrected chi connectivity index (χ3v) is 5.39. The summed E-state index contributed by atoms with van der Waals surface area (Å²) in [5.74, 6) is 2.04. The number of hydrogen-bond donors (Lipinski definition) is 1. The number of rotatable bonds is 2. The fraction of sp³-hybridized carbons (Fsp3) is 0.588. The molecular formula is C17H23N3. The van der Waals surface area contributed by atoms with Gasteiger partial charge in [-0.05, 0) is 55.5 Å². The molecule has 2 atom stereocenters. The summed E-state index contributed by atoms with van der Waals surface area (Å²) in [6.07, 6.45) is 11.2. The predicted octanol–water partition coefficient (Wildman–Crippen LogP) is 3.58. The number of aromatic amines is 1. The Labute approximate surface area is 120 Å². The number of nitrogens with one attached hydrogen (secondary N) is 1. The zero-order chi connectivity index (χ0) is 13.4. The van der Waals surface area contributed by atoms with Gasteiger partial charge in [-0.3, -0.25) is 4.90 Å². The van der Waals surface area contributed by atoms with Crippen LogP contribution in [0.25, 0.3) is 11.0 Å². The van der Waals surface area contributed by atoms with E-state index in [1.165, 1.54) is 56.1 Å². The molecular weight excluding hydrogens is 246 g/mol. The Balaban J connectivity index is 1.50. The van der Waals surface area contributed by atoms with E-state index in [4.69, 9.17) is 0 Å². The van der Waals surface area contributed by atoms with Gasteiger partial charge in [0.25, 0.3) is 0 Å². The number of aromatic nitrogens is 2. The molecule has 0 aromatic carbocycles. The molecule has 0 amide bonds. The smallest absolute Gasteiger partial charge is 0.137 e. The molecule has 1 saturated heterocycles. The standard InChI is InChI=1S/C17H23N3/c1-2-13-6-10-20(11-7-14(13)3-1)12-15-4-8-18-17-16(15)5-9-19-17/h4-5,8-9,13-14H,1-3,6-7,10-12H2,(H,18,19). The van der Waals surface area contributed by atoms with Crippen LogP contribution in [0.1, 0.15) is 37.7 Å². The first-order chi connectivity index (χ1) is 9.90. The number of H-pyrrole nitrogens is 1. The van der Waals surface area contributed by atoms with Crippen molar-refractivity contribution < 1.29 is 0 Å². The Morgan fingerprint density at radius 1 is 1.10 bits per heavy atom. The Morgan fingerprint density at radius 2 is 1.90 bits per heavy atom. The molecule has 1 saturated carbocycles. The van der Waals surface area contributed by atoms with Gasteiger partial charge in [-0.25, -0.2) is 4.98 Å². The zero-order valence-corrected chi connectivity index (χ0v) is 12.0. The minimum atomic E-state index is 1.02. The van der Waals surface area contributed by atoms with E-state index in [-0.39, 0.29) is 0 Å². The van der Waals surface area contributed by atoms with Crippen molar-refractivity contribution in [3.8, 4) is 0 Å². The van der Waals surface area contributed by atoms with Gasteiger partial charge in [0.05, 0.1) is 0 Å². The van der Waals surface area contributed by atoms with Gasteiger partial charge < -0.3 is 4.98 Å². The zero-order valence-electron chi connectivity index (χ0n) is 12.0. The maximum atomic E-state index is 4.39. The molecule has 4 rings (SSSR count). The molecule has 20 heavy (non-hydrogen) atoms. The SMILES string of the molecule is c1cc(CN2CCC3CCCC3CC2)c2cc[nH]c2n1. The first-order valence-electron chi connectivity index (χ1n) is 8.03. The average molecular weight is 269 g/mol. The van der Waals surface area contributed by atoms with Crippen molar-refractivity contribution >= 4 is 11.0 Å². The lowest BCUT2D eigenvalue weighted by atomic mass is 9.92. The van der Waals surface area contributed by atoms with Gasteiger partial charge in [0.2, 0.25) is 0 Å². The molecule has 3 heterocycles. The average Bonchev–Trinajstić information content (AvgIpc) is 3.08. The van der Waals surface area contributed by atoms with Crippen LogP contribution >= 0.6 is 0 Å². The van der Waals surface area contributed by atoms with E-state index in [1.807, 2.05) is 12.4 Å². The number of hydrogen-bond acceptors (Lipinski definition) is 2. The highest BCUT2D eigenvalue weighted by Crippen LogP contribution is 2.38. The summed E-state index contributed by atoms with van der Waals surface area (Å²) in [5, 5.41) is 1.29. The van der Waals surface area contributed by atoms with E-state index in [9.17, 15) is 0 Å². The van der Waals surface area contributed by atoms with Crippen LogP contribution < -0.4 is 0 Å². The normalized spacial score (nSPS) is 27.6. The maximum Gasteiger partial charge on any atom is 0.137 e. The highest BCUT2D eigenvalue weighted by molar-refractivity contribution is 5.79. The van der Waals surface area contributed by atoms with Crippen molar-refractivity contribution in [3.63, 3.8) is 0 Å². The van der Waals surface area contributed by atoms with E-state index >= 15 is 0 Å². The molecule has 2 fully saturated rings. The molecule has 0 bridgehead atoms. The van der Waals surface area contributed by atoms with Gasteiger partial charge in [-0.1, -0.05) is 19.3 Å². The molecule has 1 aliphatic carbocycles. The summed E-state index contributed by atoms with van der Waals surface area (Å²) >= 11 is 0. The van der Waals surface area contributed by atoms with Crippen LogP contribution in [-0.2, 0) is 6.54 Å². The van der Waals surface area contributed by atoms with Crippen LogP contribution in [0.4, 0.5) is 0 Å². The molecule has 0 radical (unpaired) electrons. The Kier molecular flexibility index (Phi) is 3.23. The molecule has 3 nitrogen and oxygen atoms in total. The lowest BCUT2D eigenvalue weighted by molar-refractivity contribution is 0.270. The third kappa shape index (κ3) is 2.24. The van der Waals surface area contributed by atoms with Crippen LogP contribution in [0.2, 0.25) is 0 Å². The van der Waals surface area contributed by atoms with Crippen molar-refractivity contribution in [2.75, 3.05) is 13.1 Å². The van der Waals surface area contributed by atoms with Crippen LogP contribution in [0.5, 0.6) is 0 Å². The first-order valence-corrected chi connectivity index (χ1v) is 8.03. The van der Waals surface area contributed by atoms with Crippen LogP contribution in [0.3, 0.4) is 0 Å². The summed E-state index contributed by atoms with van der Waals surface area (Å²) in [4.78, 5) is 10.3. The topological polar surface area (TPSA) is 31.9 Å². The minimum absolute atomic E-state index is 1.02. The van der Waals surface area contributed by atoms with Crippen LogP contribution in [-0.4, -0.2) is 28.0 Å². The molecule has 2 aromatic rings. The first kappa shape index (κ1) is 12.4. The monoisotopic (exact) mass is 269 g/mol. The van der Waals surface area contributed by atoms with E-state index in [0.717, 1.165) is 24.0 Å². The van der Waals surface area contributed by atoms with Crippen molar-refractivity contribution in [2.45, 2.75) is 38.6 Å². The Morgan fingerprint density at radius 3 is 2.70 bits per heavy atom. The molecule has 1 aliphatic heterocycles. The highest BCUT2D eigenvalue weighted by atomic mass is 15.1. The van der Waals surface area contributed by atoms with Gasteiger partial charge >= 0.3 is 0 Å². The van der Waals surface area contributed by atoms with Crippen LogP contribution in [0.15, 0.2) is 24.5 Å². The van der Waals surface area contributed by atoms with E-state index in [0.29, 0.717) is 0 Å². The Hall–Kier alpha value is -1.35. The van der Waals surface area contributed by atoms with Crippen molar-refractivity contribution in [2.24, 2.45) is 11.8 Å². The summed E-state index contributed by atoms with van der Waals surface area (Å²) in [6, 6.07) is 4.34. The van der Waals surface area contributed by atoms with Crippen molar-refractivity contribution in [3.05, 3.63) is 30.1 Å². The molecule has 106 valence electrons. The molecule has 3 heteroatoms. The van der Waals surface area contributed by atoms with Gasteiger partial charge in [0.1, 0.15) is 5.65 Å². The largest absolute Gasteiger partial charge is 0.346 e. The van der Waals surface area contributed by atoms with Gasteiger partial charge in [-0.15, -0.1) is 0 Å². The fourth-order valence-corrected chi connectivity index (χ4v) is 4.24. The summed E-state index contributed by atoms with van der Waals surface area (Å²) in [7, 11) is 0. The van der Waals surface area contributed by atoms with E-state index in [1.54, 1.807) is 0 Å². The minimum Gasteiger partial charge on any atom is -0.346 e. The van der Waals surface area contributed by atoms with Gasteiger partial charge in [-0.2, -0.15) is 0 Å². The number of nitrogens with zero attached hydrogens (tertiary/aromatic N) is 2. The van der Waals surface area contributed by atoms with Gasteiger partial charge in [0, 0.05) is 24.3 Å². The number of fused-ring (bicyclic) bond motifs is 2. The summed E-state index contributed by atoms with van der Waals surface area (Å²) in [5.41, 5.74) is 2.44. The summed E-state index contributed by atoms with van der Waals surface area (Å²) in [6.45, 7) is 3.63. The van der Waals surface area contributed by atoms with E-state index in [2.05, 4.69) is 27.0 Å². The third-order valence-electron chi connectivity index (χ3n) is 5.39. The molecule has 2 aromatic heterocycles. The Bertz CT molecular complexity index is 575. The second kappa shape index (κ2) is 5.21. The number of pyridine rings is 1. The number of likely N-dealkylation sites (tertiary alicyclic amines) is 1. The lowest BCUT2D eigenvalue weighted by Crippen LogP contribution is -2.24. The molecule has 2 aliphatic rings. The van der Waals surface area contributed by atoms with Gasteiger partial charge in [0.15, 0.2) is 0 Å². The molecule has 0 spiro atoms. The van der Waals surface area contributed by atoms with Crippen LogP contribution in [0, 0.1) is 11.8 Å². The quantitative estimate of drug-likeness (QED) is 0.903.